The van der Waals surface area contributed by atoms with E-state index in [9.17, 15) is 4.79 Å². The standard InChI is InChI=1S/C14H19NO/c1-10-4-3-5-11(2)13(10)14(16)12-6-8-15-9-7-12/h3-5,12,15H,6-9H2,1-2H3. The van der Waals surface area contributed by atoms with Crippen LogP contribution in [0.25, 0.3) is 0 Å². The first kappa shape index (κ1) is 11.3. The molecular formula is C14H19NO. The topological polar surface area (TPSA) is 29.1 Å². The van der Waals surface area contributed by atoms with Gasteiger partial charge >= 0.3 is 0 Å². The van der Waals surface area contributed by atoms with Crippen LogP contribution in [0.5, 0.6) is 0 Å². The SMILES string of the molecule is Cc1cccc(C)c1C(=O)C1CCNCC1. The van der Waals surface area contributed by atoms with Gasteiger partial charge in [0.2, 0.25) is 0 Å². The Morgan fingerprint density at radius 2 is 1.75 bits per heavy atom. The zero-order chi connectivity index (χ0) is 11.5. The van der Waals surface area contributed by atoms with Gasteiger partial charge in [0.1, 0.15) is 0 Å². The number of aryl methyl sites for hydroxylation is 2. The molecule has 0 amide bonds. The van der Waals surface area contributed by atoms with Gasteiger partial charge in [0.15, 0.2) is 5.78 Å². The van der Waals surface area contributed by atoms with Crippen molar-refractivity contribution in [3.8, 4) is 0 Å². The molecule has 1 heterocycles. The molecule has 2 rings (SSSR count). The molecular weight excluding hydrogens is 198 g/mol. The number of hydrogen-bond acceptors (Lipinski definition) is 2. The Morgan fingerprint density at radius 1 is 1.19 bits per heavy atom. The van der Waals surface area contributed by atoms with Gasteiger partial charge in [-0.1, -0.05) is 18.2 Å². The van der Waals surface area contributed by atoms with Crippen LogP contribution >= 0.6 is 0 Å². The predicted octanol–water partition coefficient (Wildman–Crippen LogP) is 2.49. The zero-order valence-corrected chi connectivity index (χ0v) is 10.0. The summed E-state index contributed by atoms with van der Waals surface area (Å²) >= 11 is 0. The fraction of sp³-hybridized carbons (Fsp3) is 0.500. The number of ketones is 1. The van der Waals surface area contributed by atoms with Crippen LogP contribution in [0, 0.1) is 19.8 Å². The maximum Gasteiger partial charge on any atom is 0.166 e. The molecule has 0 unspecified atom stereocenters. The molecule has 1 fully saturated rings. The van der Waals surface area contributed by atoms with Gasteiger partial charge in [-0.05, 0) is 50.9 Å². The van der Waals surface area contributed by atoms with Gasteiger partial charge in [0.05, 0.1) is 0 Å². The van der Waals surface area contributed by atoms with Crippen LogP contribution in [0.15, 0.2) is 18.2 Å². The minimum Gasteiger partial charge on any atom is -0.317 e. The second-order valence-electron chi connectivity index (χ2n) is 4.66. The van der Waals surface area contributed by atoms with Crippen molar-refractivity contribution in [2.75, 3.05) is 13.1 Å². The number of benzene rings is 1. The van der Waals surface area contributed by atoms with Gasteiger partial charge in [0, 0.05) is 11.5 Å². The van der Waals surface area contributed by atoms with Gasteiger partial charge in [-0.25, -0.2) is 0 Å². The molecule has 0 radical (unpaired) electrons. The molecule has 16 heavy (non-hydrogen) atoms. The van der Waals surface area contributed by atoms with Gasteiger partial charge in [-0.15, -0.1) is 0 Å². The molecule has 0 bridgehead atoms. The number of carbonyl (C=O) groups excluding carboxylic acids is 1. The Morgan fingerprint density at radius 3 is 2.31 bits per heavy atom. The fourth-order valence-corrected chi connectivity index (χ4v) is 2.49. The Hall–Kier alpha value is -1.15. The second-order valence-corrected chi connectivity index (χ2v) is 4.66. The van der Waals surface area contributed by atoms with Crippen molar-refractivity contribution in [2.24, 2.45) is 5.92 Å². The molecule has 86 valence electrons. The molecule has 1 saturated heterocycles. The Labute approximate surface area is 97.1 Å². The van der Waals surface area contributed by atoms with Crippen molar-refractivity contribution in [2.45, 2.75) is 26.7 Å². The van der Waals surface area contributed by atoms with Crippen molar-refractivity contribution in [3.05, 3.63) is 34.9 Å². The molecule has 2 heteroatoms. The monoisotopic (exact) mass is 217 g/mol. The van der Waals surface area contributed by atoms with Crippen molar-refractivity contribution in [1.29, 1.82) is 0 Å². The average molecular weight is 217 g/mol. The summed E-state index contributed by atoms with van der Waals surface area (Å²) in [5, 5.41) is 3.30. The lowest BCUT2D eigenvalue weighted by atomic mass is 9.86. The maximum atomic E-state index is 12.4. The van der Waals surface area contributed by atoms with Crippen molar-refractivity contribution >= 4 is 5.78 Å². The minimum absolute atomic E-state index is 0.223. The van der Waals surface area contributed by atoms with Crippen LogP contribution in [-0.4, -0.2) is 18.9 Å². The van der Waals surface area contributed by atoms with E-state index < -0.39 is 0 Å². The molecule has 0 spiro atoms. The predicted molar refractivity (Wildman–Crippen MR) is 65.8 cm³/mol. The number of hydrogen-bond donors (Lipinski definition) is 1. The number of rotatable bonds is 2. The summed E-state index contributed by atoms with van der Waals surface area (Å²) in [5.74, 6) is 0.568. The number of carbonyl (C=O) groups is 1. The maximum absolute atomic E-state index is 12.4. The van der Waals surface area contributed by atoms with Crippen LogP contribution in [0.3, 0.4) is 0 Å². The lowest BCUT2D eigenvalue weighted by Gasteiger charge is -2.22. The summed E-state index contributed by atoms with van der Waals surface area (Å²) < 4.78 is 0. The molecule has 2 nitrogen and oxygen atoms in total. The van der Waals surface area contributed by atoms with E-state index in [2.05, 4.69) is 5.32 Å². The van der Waals surface area contributed by atoms with Gasteiger partial charge in [-0.2, -0.15) is 0 Å². The highest BCUT2D eigenvalue weighted by atomic mass is 16.1. The van der Waals surface area contributed by atoms with E-state index in [1.165, 1.54) is 0 Å². The van der Waals surface area contributed by atoms with E-state index in [-0.39, 0.29) is 5.92 Å². The van der Waals surface area contributed by atoms with Gasteiger partial charge < -0.3 is 5.32 Å². The van der Waals surface area contributed by atoms with E-state index in [1.807, 2.05) is 32.0 Å². The van der Waals surface area contributed by atoms with E-state index in [0.717, 1.165) is 42.6 Å². The van der Waals surface area contributed by atoms with Crippen LogP contribution < -0.4 is 5.32 Å². The van der Waals surface area contributed by atoms with Crippen LogP contribution in [0.2, 0.25) is 0 Å². The van der Waals surface area contributed by atoms with E-state index in [4.69, 9.17) is 0 Å². The third-order valence-electron chi connectivity index (χ3n) is 3.44. The summed E-state index contributed by atoms with van der Waals surface area (Å²) in [4.78, 5) is 12.4. The highest BCUT2D eigenvalue weighted by Gasteiger charge is 2.24. The summed E-state index contributed by atoms with van der Waals surface area (Å²) in [5.41, 5.74) is 3.18. The third-order valence-corrected chi connectivity index (χ3v) is 3.44. The minimum atomic E-state index is 0.223. The fourth-order valence-electron chi connectivity index (χ4n) is 2.49. The largest absolute Gasteiger partial charge is 0.317 e. The molecule has 1 N–H and O–H groups in total. The van der Waals surface area contributed by atoms with E-state index in [0.29, 0.717) is 5.78 Å². The number of Topliss-reactive ketones (excluding diaryl/α,β-unsaturated/α-hetero) is 1. The Balaban J connectivity index is 2.26. The number of piperidine rings is 1. The molecule has 0 atom stereocenters. The van der Waals surface area contributed by atoms with Crippen LogP contribution in [-0.2, 0) is 0 Å². The highest BCUT2D eigenvalue weighted by molar-refractivity contribution is 6.00. The summed E-state index contributed by atoms with van der Waals surface area (Å²) in [6, 6.07) is 6.08. The smallest absolute Gasteiger partial charge is 0.166 e. The normalized spacial score (nSPS) is 17.4. The van der Waals surface area contributed by atoms with Crippen molar-refractivity contribution in [1.82, 2.24) is 5.32 Å². The van der Waals surface area contributed by atoms with Gasteiger partial charge in [0.25, 0.3) is 0 Å². The van der Waals surface area contributed by atoms with Gasteiger partial charge in [-0.3, -0.25) is 4.79 Å². The average Bonchev–Trinajstić information content (AvgIpc) is 2.30. The summed E-state index contributed by atoms with van der Waals surface area (Å²) in [6.45, 7) is 6.01. The van der Waals surface area contributed by atoms with Crippen molar-refractivity contribution < 1.29 is 4.79 Å². The molecule has 0 saturated carbocycles. The molecule has 0 aromatic heterocycles. The van der Waals surface area contributed by atoms with Crippen LogP contribution in [0.4, 0.5) is 0 Å². The lowest BCUT2D eigenvalue weighted by Crippen LogP contribution is -2.32. The molecule has 1 aliphatic rings. The molecule has 1 aromatic rings. The molecule has 1 aliphatic heterocycles. The quantitative estimate of drug-likeness (QED) is 0.771. The van der Waals surface area contributed by atoms with E-state index >= 15 is 0 Å². The molecule has 0 aliphatic carbocycles. The Bertz CT molecular complexity index is 371. The van der Waals surface area contributed by atoms with E-state index in [1.54, 1.807) is 0 Å². The first-order valence-electron chi connectivity index (χ1n) is 6.01. The Kier molecular flexibility index (Phi) is 3.39. The highest BCUT2D eigenvalue weighted by Crippen LogP contribution is 2.22. The lowest BCUT2D eigenvalue weighted by molar-refractivity contribution is 0.0894. The third kappa shape index (κ3) is 2.17. The summed E-state index contributed by atoms with van der Waals surface area (Å²) in [6.07, 6.45) is 1.96. The summed E-state index contributed by atoms with van der Waals surface area (Å²) in [7, 11) is 0. The molecule has 1 aromatic carbocycles. The first-order valence-corrected chi connectivity index (χ1v) is 6.01. The number of nitrogens with one attached hydrogen (secondary N) is 1. The first-order chi connectivity index (χ1) is 7.70. The van der Waals surface area contributed by atoms with Crippen molar-refractivity contribution in [3.63, 3.8) is 0 Å². The second kappa shape index (κ2) is 4.79. The zero-order valence-electron chi connectivity index (χ0n) is 10.0. The van der Waals surface area contributed by atoms with Crippen LogP contribution in [0.1, 0.15) is 34.3 Å².